The number of hydrogen-bond acceptors (Lipinski definition) is 2. The molecule has 0 saturated heterocycles. The summed E-state index contributed by atoms with van der Waals surface area (Å²) in [6, 6.07) is 11.2. The average Bonchev–Trinajstić information content (AvgIpc) is 2.51. The maximum atomic E-state index is 11.8. The molecule has 0 bridgehead atoms. The minimum absolute atomic E-state index is 0.244. The molecule has 2 rings (SSSR count). The standard InChI is InChI=1S/C18H21ClN2O2/c1-12-6-4-5-7-16(12)21-18(22)20-8-9-23-15-10-13(2)17(19)14(3)11-15/h4-7,10-11H,8-9H2,1-3H3,(H2,20,21,22). The van der Waals surface area contributed by atoms with Crippen molar-refractivity contribution >= 4 is 23.3 Å². The predicted molar refractivity (Wildman–Crippen MR) is 94.6 cm³/mol. The van der Waals surface area contributed by atoms with Gasteiger partial charge in [0.25, 0.3) is 0 Å². The molecule has 2 N–H and O–H groups in total. The third kappa shape index (κ3) is 4.89. The molecule has 0 saturated carbocycles. The molecule has 0 spiro atoms. The van der Waals surface area contributed by atoms with Gasteiger partial charge in [-0.05, 0) is 55.7 Å². The number of rotatable bonds is 5. The van der Waals surface area contributed by atoms with Gasteiger partial charge in [0, 0.05) is 10.7 Å². The van der Waals surface area contributed by atoms with Crippen molar-refractivity contribution in [2.24, 2.45) is 0 Å². The zero-order valence-corrected chi connectivity index (χ0v) is 14.3. The number of aryl methyl sites for hydroxylation is 3. The highest BCUT2D eigenvalue weighted by Gasteiger charge is 2.05. The highest BCUT2D eigenvalue weighted by atomic mass is 35.5. The van der Waals surface area contributed by atoms with Crippen LogP contribution < -0.4 is 15.4 Å². The minimum Gasteiger partial charge on any atom is -0.492 e. The van der Waals surface area contributed by atoms with Gasteiger partial charge in [-0.25, -0.2) is 4.79 Å². The average molecular weight is 333 g/mol. The van der Waals surface area contributed by atoms with Gasteiger partial charge in [-0.1, -0.05) is 29.8 Å². The number of ether oxygens (including phenoxy) is 1. The normalized spacial score (nSPS) is 10.3. The Bertz CT molecular complexity index is 678. The van der Waals surface area contributed by atoms with Crippen LogP contribution >= 0.6 is 11.6 Å². The van der Waals surface area contributed by atoms with Crippen LogP contribution in [0, 0.1) is 20.8 Å². The molecule has 4 nitrogen and oxygen atoms in total. The van der Waals surface area contributed by atoms with Crippen LogP contribution in [0.15, 0.2) is 36.4 Å². The molecule has 2 aromatic carbocycles. The summed E-state index contributed by atoms with van der Waals surface area (Å²) in [5, 5.41) is 6.34. The molecular weight excluding hydrogens is 312 g/mol. The fourth-order valence-electron chi connectivity index (χ4n) is 2.20. The number of carbonyl (C=O) groups is 1. The van der Waals surface area contributed by atoms with Crippen LogP contribution in [0.3, 0.4) is 0 Å². The quantitative estimate of drug-likeness (QED) is 0.794. The van der Waals surface area contributed by atoms with Crippen molar-refractivity contribution in [3.05, 3.63) is 58.1 Å². The molecule has 23 heavy (non-hydrogen) atoms. The smallest absolute Gasteiger partial charge is 0.319 e. The Kier molecular flexibility index (Phi) is 5.88. The zero-order chi connectivity index (χ0) is 16.8. The molecule has 0 aliphatic rings. The summed E-state index contributed by atoms with van der Waals surface area (Å²) in [5.74, 6) is 0.755. The lowest BCUT2D eigenvalue weighted by Crippen LogP contribution is -2.32. The van der Waals surface area contributed by atoms with Crippen LogP contribution in [-0.4, -0.2) is 19.2 Å². The Morgan fingerprint density at radius 1 is 1.09 bits per heavy atom. The number of nitrogens with one attached hydrogen (secondary N) is 2. The van der Waals surface area contributed by atoms with Gasteiger partial charge in [0.05, 0.1) is 6.54 Å². The lowest BCUT2D eigenvalue weighted by molar-refractivity contribution is 0.247. The number of amides is 2. The predicted octanol–water partition coefficient (Wildman–Crippen LogP) is 4.47. The van der Waals surface area contributed by atoms with E-state index in [1.807, 2.05) is 57.2 Å². The summed E-state index contributed by atoms with van der Waals surface area (Å²) in [6.07, 6.45) is 0. The van der Waals surface area contributed by atoms with E-state index in [0.29, 0.717) is 13.2 Å². The number of para-hydroxylation sites is 1. The lowest BCUT2D eigenvalue weighted by atomic mass is 10.1. The van der Waals surface area contributed by atoms with Crippen molar-refractivity contribution in [1.29, 1.82) is 0 Å². The summed E-state index contributed by atoms with van der Waals surface area (Å²) in [7, 11) is 0. The molecule has 0 aromatic heterocycles. The summed E-state index contributed by atoms with van der Waals surface area (Å²) in [4.78, 5) is 11.8. The minimum atomic E-state index is -0.244. The highest BCUT2D eigenvalue weighted by molar-refractivity contribution is 6.32. The number of benzene rings is 2. The fourth-order valence-corrected chi connectivity index (χ4v) is 2.31. The second-order valence-corrected chi connectivity index (χ2v) is 5.79. The Balaban J connectivity index is 1.77. The van der Waals surface area contributed by atoms with E-state index >= 15 is 0 Å². The van der Waals surface area contributed by atoms with Crippen molar-refractivity contribution in [2.75, 3.05) is 18.5 Å². The molecule has 0 unspecified atom stereocenters. The molecule has 122 valence electrons. The summed E-state index contributed by atoms with van der Waals surface area (Å²) in [5.41, 5.74) is 3.78. The van der Waals surface area contributed by atoms with Gasteiger partial charge in [-0.3, -0.25) is 0 Å². The second-order valence-electron chi connectivity index (χ2n) is 5.42. The van der Waals surface area contributed by atoms with Crippen molar-refractivity contribution in [2.45, 2.75) is 20.8 Å². The van der Waals surface area contributed by atoms with Gasteiger partial charge in [0.1, 0.15) is 12.4 Å². The number of urea groups is 1. The first kappa shape index (κ1) is 17.2. The lowest BCUT2D eigenvalue weighted by Gasteiger charge is -2.12. The first-order valence-electron chi connectivity index (χ1n) is 7.47. The Morgan fingerprint density at radius 2 is 1.74 bits per heavy atom. The van der Waals surface area contributed by atoms with Crippen molar-refractivity contribution in [3.8, 4) is 5.75 Å². The van der Waals surface area contributed by atoms with Gasteiger partial charge in [-0.2, -0.15) is 0 Å². The van der Waals surface area contributed by atoms with E-state index in [4.69, 9.17) is 16.3 Å². The molecule has 2 amide bonds. The highest BCUT2D eigenvalue weighted by Crippen LogP contribution is 2.25. The van der Waals surface area contributed by atoms with Gasteiger partial charge >= 0.3 is 6.03 Å². The van der Waals surface area contributed by atoms with Crippen LogP contribution in [-0.2, 0) is 0 Å². The van der Waals surface area contributed by atoms with E-state index in [2.05, 4.69) is 10.6 Å². The second kappa shape index (κ2) is 7.88. The van der Waals surface area contributed by atoms with Gasteiger partial charge < -0.3 is 15.4 Å². The number of hydrogen-bond donors (Lipinski definition) is 2. The van der Waals surface area contributed by atoms with Crippen molar-refractivity contribution in [1.82, 2.24) is 5.32 Å². The summed E-state index contributed by atoms with van der Waals surface area (Å²) >= 11 is 6.12. The van der Waals surface area contributed by atoms with Gasteiger partial charge in [0.15, 0.2) is 0 Å². The number of carbonyl (C=O) groups excluding carboxylic acids is 1. The van der Waals surface area contributed by atoms with Crippen LogP contribution in [0.4, 0.5) is 10.5 Å². The van der Waals surface area contributed by atoms with Gasteiger partial charge in [0.2, 0.25) is 0 Å². The third-order valence-electron chi connectivity index (χ3n) is 3.46. The maximum Gasteiger partial charge on any atom is 0.319 e. The maximum absolute atomic E-state index is 11.8. The van der Waals surface area contributed by atoms with E-state index in [0.717, 1.165) is 33.1 Å². The molecule has 0 heterocycles. The van der Waals surface area contributed by atoms with E-state index < -0.39 is 0 Å². The molecule has 0 fully saturated rings. The summed E-state index contributed by atoms with van der Waals surface area (Å²) in [6.45, 7) is 6.64. The van der Waals surface area contributed by atoms with Crippen LogP contribution in [0.5, 0.6) is 5.75 Å². The molecule has 5 heteroatoms. The Hall–Kier alpha value is -2.20. The van der Waals surface area contributed by atoms with Crippen LogP contribution in [0.1, 0.15) is 16.7 Å². The first-order valence-corrected chi connectivity index (χ1v) is 7.85. The SMILES string of the molecule is Cc1ccccc1NC(=O)NCCOc1cc(C)c(Cl)c(C)c1. The van der Waals surface area contributed by atoms with Crippen LogP contribution in [0.25, 0.3) is 0 Å². The fraction of sp³-hybridized carbons (Fsp3) is 0.278. The van der Waals surface area contributed by atoms with Crippen molar-refractivity contribution < 1.29 is 9.53 Å². The topological polar surface area (TPSA) is 50.4 Å². The number of halogens is 1. The third-order valence-corrected chi connectivity index (χ3v) is 4.06. The van der Waals surface area contributed by atoms with Gasteiger partial charge in [-0.15, -0.1) is 0 Å². The molecular formula is C18H21ClN2O2. The molecule has 2 aromatic rings. The number of anilines is 1. The Morgan fingerprint density at radius 3 is 2.39 bits per heavy atom. The summed E-state index contributed by atoms with van der Waals surface area (Å²) < 4.78 is 5.65. The molecule has 0 radical (unpaired) electrons. The first-order chi connectivity index (χ1) is 11.0. The van der Waals surface area contributed by atoms with E-state index in [-0.39, 0.29) is 6.03 Å². The largest absolute Gasteiger partial charge is 0.492 e. The van der Waals surface area contributed by atoms with E-state index in [1.54, 1.807) is 0 Å². The van der Waals surface area contributed by atoms with Crippen molar-refractivity contribution in [3.63, 3.8) is 0 Å². The Labute approximate surface area is 141 Å². The molecule has 0 aliphatic carbocycles. The molecule has 0 aliphatic heterocycles. The van der Waals surface area contributed by atoms with E-state index in [9.17, 15) is 4.79 Å². The van der Waals surface area contributed by atoms with E-state index in [1.165, 1.54) is 0 Å². The molecule has 0 atom stereocenters. The monoisotopic (exact) mass is 332 g/mol. The zero-order valence-electron chi connectivity index (χ0n) is 13.6. The van der Waals surface area contributed by atoms with Crippen LogP contribution in [0.2, 0.25) is 5.02 Å².